The summed E-state index contributed by atoms with van der Waals surface area (Å²) in [7, 11) is 1.38. The lowest BCUT2D eigenvalue weighted by Gasteiger charge is -2.08. The van der Waals surface area contributed by atoms with Crippen molar-refractivity contribution in [3.8, 4) is 23.0 Å². The molecule has 2 aromatic carbocycles. The molecule has 0 spiro atoms. The Bertz CT molecular complexity index is 894. The minimum atomic E-state index is -0.514. The molecule has 0 radical (unpaired) electrons. The monoisotopic (exact) mass is 274 g/mol. The van der Waals surface area contributed by atoms with Crippen LogP contribution in [-0.2, 0) is 0 Å². The first-order valence-electron chi connectivity index (χ1n) is 5.71. The molecule has 0 amide bonds. The molecule has 1 aromatic heterocycles. The summed E-state index contributed by atoms with van der Waals surface area (Å²) >= 11 is 0. The predicted octanol–water partition coefficient (Wildman–Crippen LogP) is 2.07. The van der Waals surface area contributed by atoms with E-state index in [9.17, 15) is 20.1 Å². The Hall–Kier alpha value is -2.89. The Labute approximate surface area is 112 Å². The average molecular weight is 274 g/mol. The van der Waals surface area contributed by atoms with Crippen molar-refractivity contribution in [3.63, 3.8) is 0 Å². The zero-order valence-corrected chi connectivity index (χ0v) is 10.4. The largest absolute Gasteiger partial charge is 0.508 e. The van der Waals surface area contributed by atoms with Gasteiger partial charge in [-0.25, -0.2) is 0 Å². The molecule has 102 valence electrons. The van der Waals surface area contributed by atoms with Crippen molar-refractivity contribution in [2.24, 2.45) is 0 Å². The van der Waals surface area contributed by atoms with Crippen LogP contribution in [0.4, 0.5) is 0 Å². The maximum Gasteiger partial charge on any atom is 0.204 e. The van der Waals surface area contributed by atoms with Crippen molar-refractivity contribution in [1.82, 2.24) is 0 Å². The molecule has 20 heavy (non-hydrogen) atoms. The van der Waals surface area contributed by atoms with Gasteiger partial charge >= 0.3 is 0 Å². The molecule has 0 aliphatic carbocycles. The van der Waals surface area contributed by atoms with Gasteiger partial charge in [-0.1, -0.05) is 0 Å². The van der Waals surface area contributed by atoms with Crippen LogP contribution in [0.2, 0.25) is 0 Å². The van der Waals surface area contributed by atoms with E-state index >= 15 is 0 Å². The van der Waals surface area contributed by atoms with Crippen molar-refractivity contribution >= 4 is 21.9 Å². The number of phenolic OH excluding ortho intramolecular Hbond substituents is 3. The van der Waals surface area contributed by atoms with Gasteiger partial charge in [-0.15, -0.1) is 0 Å². The standard InChI is InChI=1S/C14H10O6/c1-19-10-3-2-8(16)14-11(10)12(18)7-4-6(15)5-9(17)13(7)20-14/h2-5,15-17H,1H3. The molecular weight excluding hydrogens is 264 g/mol. The van der Waals surface area contributed by atoms with Crippen LogP contribution in [0.3, 0.4) is 0 Å². The summed E-state index contributed by atoms with van der Waals surface area (Å²) in [5, 5.41) is 29.1. The Morgan fingerprint density at radius 1 is 1.05 bits per heavy atom. The molecule has 0 aliphatic heterocycles. The second-order valence-corrected chi connectivity index (χ2v) is 4.26. The van der Waals surface area contributed by atoms with Crippen LogP contribution >= 0.6 is 0 Å². The van der Waals surface area contributed by atoms with Crippen LogP contribution in [0, 0.1) is 0 Å². The molecule has 3 aromatic rings. The molecule has 0 unspecified atom stereocenters. The van der Waals surface area contributed by atoms with Crippen molar-refractivity contribution in [1.29, 1.82) is 0 Å². The summed E-state index contributed by atoms with van der Waals surface area (Å²) < 4.78 is 10.5. The highest BCUT2D eigenvalue weighted by Crippen LogP contribution is 2.36. The number of benzene rings is 2. The number of ether oxygens (including phenoxy) is 1. The molecular formula is C14H10O6. The molecule has 3 N–H and O–H groups in total. The highest BCUT2D eigenvalue weighted by Gasteiger charge is 2.18. The molecule has 0 atom stereocenters. The Morgan fingerprint density at radius 3 is 2.50 bits per heavy atom. The van der Waals surface area contributed by atoms with Gasteiger partial charge in [0.25, 0.3) is 0 Å². The van der Waals surface area contributed by atoms with Crippen molar-refractivity contribution in [2.45, 2.75) is 0 Å². The fraction of sp³-hybridized carbons (Fsp3) is 0.0714. The zero-order valence-electron chi connectivity index (χ0n) is 10.4. The first-order chi connectivity index (χ1) is 9.52. The highest BCUT2D eigenvalue weighted by atomic mass is 16.5. The fourth-order valence-electron chi connectivity index (χ4n) is 2.15. The summed E-state index contributed by atoms with van der Waals surface area (Å²) in [6, 6.07) is 4.99. The summed E-state index contributed by atoms with van der Waals surface area (Å²) in [6.45, 7) is 0. The third kappa shape index (κ3) is 1.55. The molecule has 0 bridgehead atoms. The normalized spacial score (nSPS) is 11.1. The van der Waals surface area contributed by atoms with Crippen molar-refractivity contribution in [2.75, 3.05) is 7.11 Å². The number of rotatable bonds is 1. The number of aromatic hydroxyl groups is 3. The number of hydrogen-bond donors (Lipinski definition) is 3. The summed E-state index contributed by atoms with van der Waals surface area (Å²) in [4.78, 5) is 12.5. The van der Waals surface area contributed by atoms with Gasteiger partial charge in [0.15, 0.2) is 22.7 Å². The number of phenols is 3. The lowest BCUT2D eigenvalue weighted by Crippen LogP contribution is -2.04. The minimum absolute atomic E-state index is 0.00102. The average Bonchev–Trinajstić information content (AvgIpc) is 2.41. The van der Waals surface area contributed by atoms with Crippen molar-refractivity contribution < 1.29 is 24.5 Å². The number of fused-ring (bicyclic) bond motifs is 2. The van der Waals surface area contributed by atoms with Gasteiger partial charge < -0.3 is 24.5 Å². The van der Waals surface area contributed by atoms with Gasteiger partial charge in [0.05, 0.1) is 12.5 Å². The third-order valence-corrected chi connectivity index (χ3v) is 3.05. The van der Waals surface area contributed by atoms with Gasteiger partial charge in [-0.3, -0.25) is 4.79 Å². The zero-order chi connectivity index (χ0) is 14.4. The molecule has 0 saturated carbocycles. The van der Waals surface area contributed by atoms with Crippen molar-refractivity contribution in [3.05, 3.63) is 34.5 Å². The maximum absolute atomic E-state index is 12.5. The first kappa shape index (κ1) is 12.2. The second kappa shape index (κ2) is 4.06. The van der Waals surface area contributed by atoms with E-state index in [0.717, 1.165) is 6.07 Å². The molecule has 6 heteroatoms. The smallest absolute Gasteiger partial charge is 0.204 e. The van der Waals surface area contributed by atoms with E-state index in [1.165, 1.54) is 25.3 Å². The second-order valence-electron chi connectivity index (χ2n) is 4.26. The first-order valence-corrected chi connectivity index (χ1v) is 5.71. The van der Waals surface area contributed by atoms with Gasteiger partial charge in [-0.2, -0.15) is 0 Å². The molecule has 0 fully saturated rings. The van der Waals surface area contributed by atoms with Crippen LogP contribution < -0.4 is 10.2 Å². The Kier molecular flexibility index (Phi) is 2.47. The molecule has 3 rings (SSSR count). The van der Waals surface area contributed by atoms with E-state index in [1.54, 1.807) is 0 Å². The summed E-state index contributed by atoms with van der Waals surface area (Å²) in [5.41, 5.74) is -0.702. The predicted molar refractivity (Wildman–Crippen MR) is 71.5 cm³/mol. The lowest BCUT2D eigenvalue weighted by atomic mass is 10.1. The van der Waals surface area contributed by atoms with Crippen LogP contribution in [0.25, 0.3) is 21.9 Å². The Balaban J connectivity index is 2.65. The Morgan fingerprint density at radius 2 is 1.80 bits per heavy atom. The molecule has 0 saturated heterocycles. The SMILES string of the molecule is COc1ccc(O)c2oc3c(O)cc(O)cc3c(=O)c12. The van der Waals surface area contributed by atoms with Crippen LogP contribution in [0.5, 0.6) is 23.0 Å². The van der Waals surface area contributed by atoms with E-state index in [1.807, 2.05) is 0 Å². The maximum atomic E-state index is 12.5. The molecule has 1 heterocycles. The molecule has 0 aliphatic rings. The lowest BCUT2D eigenvalue weighted by molar-refractivity contribution is 0.415. The third-order valence-electron chi connectivity index (χ3n) is 3.05. The molecule has 6 nitrogen and oxygen atoms in total. The van der Waals surface area contributed by atoms with E-state index in [2.05, 4.69) is 0 Å². The van der Waals surface area contributed by atoms with E-state index in [4.69, 9.17) is 9.15 Å². The van der Waals surface area contributed by atoms with Gasteiger partial charge in [0.1, 0.15) is 16.9 Å². The van der Waals surface area contributed by atoms with Crippen LogP contribution in [-0.4, -0.2) is 22.4 Å². The fourth-order valence-corrected chi connectivity index (χ4v) is 2.15. The number of hydrogen-bond acceptors (Lipinski definition) is 6. The number of methoxy groups -OCH3 is 1. The van der Waals surface area contributed by atoms with Crippen LogP contribution in [0.15, 0.2) is 33.5 Å². The minimum Gasteiger partial charge on any atom is -0.508 e. The van der Waals surface area contributed by atoms with Crippen LogP contribution in [0.1, 0.15) is 0 Å². The van der Waals surface area contributed by atoms with Gasteiger partial charge in [0.2, 0.25) is 5.43 Å². The van der Waals surface area contributed by atoms with E-state index in [0.29, 0.717) is 0 Å². The van der Waals surface area contributed by atoms with E-state index in [-0.39, 0.29) is 44.9 Å². The van der Waals surface area contributed by atoms with E-state index < -0.39 is 5.43 Å². The quantitative estimate of drug-likeness (QED) is 0.587. The highest BCUT2D eigenvalue weighted by molar-refractivity contribution is 5.97. The van der Waals surface area contributed by atoms with Gasteiger partial charge in [0, 0.05) is 6.07 Å². The topological polar surface area (TPSA) is 100 Å². The van der Waals surface area contributed by atoms with Gasteiger partial charge in [-0.05, 0) is 18.2 Å². The summed E-state index contributed by atoms with van der Waals surface area (Å²) in [6.07, 6.45) is 0. The summed E-state index contributed by atoms with van der Waals surface area (Å²) in [5.74, 6) is -0.662.